The maximum Gasteiger partial charge on any atom is 0.254 e. The molecule has 0 saturated carbocycles. The number of benzene rings is 2. The van der Waals surface area contributed by atoms with Gasteiger partial charge in [0.15, 0.2) is 0 Å². The van der Waals surface area contributed by atoms with Crippen molar-refractivity contribution in [1.29, 1.82) is 0 Å². The molecule has 2 amide bonds. The molecule has 1 heterocycles. The third-order valence-electron chi connectivity index (χ3n) is 5.96. The number of carbonyl (C=O) groups is 2. The molecule has 2 aromatic carbocycles. The number of unbranched alkanes of at least 4 members (excludes halogenated alkanes) is 1. The molecule has 0 radical (unpaired) electrons. The Hall–Kier alpha value is -3.60. The number of aromatic nitrogens is 1. The summed E-state index contributed by atoms with van der Waals surface area (Å²) in [5.41, 5.74) is 3.90. The minimum Gasteiger partial charge on any atom is -0.353 e. The fourth-order valence-corrected chi connectivity index (χ4v) is 3.91. The van der Waals surface area contributed by atoms with E-state index in [0.717, 1.165) is 30.5 Å². The van der Waals surface area contributed by atoms with Crippen LogP contribution in [0.3, 0.4) is 0 Å². The molecule has 178 valence electrons. The molecule has 0 bridgehead atoms. The van der Waals surface area contributed by atoms with Crippen molar-refractivity contribution in [2.45, 2.75) is 39.3 Å². The first-order valence-electron chi connectivity index (χ1n) is 11.9. The number of rotatable bonds is 12. The Balaban J connectivity index is 1.76. The predicted octanol–water partition coefficient (Wildman–Crippen LogP) is 5.22. The average molecular weight is 458 g/mol. The molecule has 5 heteroatoms. The summed E-state index contributed by atoms with van der Waals surface area (Å²) in [6.07, 6.45) is 6.91. The number of carbonyl (C=O) groups excluding carboxylic acids is 2. The van der Waals surface area contributed by atoms with Gasteiger partial charge in [-0.3, -0.25) is 9.59 Å². The molecule has 0 unspecified atom stereocenters. The van der Waals surface area contributed by atoms with Crippen LogP contribution < -0.4 is 0 Å². The molecule has 0 atom stereocenters. The molecule has 34 heavy (non-hydrogen) atoms. The molecular weight excluding hydrogens is 422 g/mol. The lowest BCUT2D eigenvalue weighted by molar-refractivity contribution is -0.133. The zero-order valence-electron chi connectivity index (χ0n) is 20.3. The second-order valence-corrected chi connectivity index (χ2v) is 8.62. The zero-order valence-corrected chi connectivity index (χ0v) is 20.3. The lowest BCUT2D eigenvalue weighted by atomic mass is 10.1. The fraction of sp³-hybridized carbons (Fsp3) is 0.310. The molecule has 1 aromatic heterocycles. The molecule has 0 spiro atoms. The quantitative estimate of drug-likeness (QED) is 0.350. The van der Waals surface area contributed by atoms with E-state index in [2.05, 4.69) is 13.5 Å². The highest BCUT2D eigenvalue weighted by molar-refractivity contribution is 5.96. The lowest BCUT2D eigenvalue weighted by Crippen LogP contribution is -2.42. The Morgan fingerprint density at radius 1 is 0.912 bits per heavy atom. The molecule has 0 aliphatic carbocycles. The Bertz CT molecular complexity index is 1070. The van der Waals surface area contributed by atoms with Crippen LogP contribution in [0.2, 0.25) is 0 Å². The molecule has 3 rings (SSSR count). The van der Waals surface area contributed by atoms with Crippen molar-refractivity contribution in [3.63, 3.8) is 0 Å². The number of hydrogen-bond acceptors (Lipinski definition) is 2. The van der Waals surface area contributed by atoms with E-state index in [0.29, 0.717) is 25.2 Å². The zero-order chi connectivity index (χ0) is 24.3. The van der Waals surface area contributed by atoms with Crippen molar-refractivity contribution in [2.75, 3.05) is 13.1 Å². The van der Waals surface area contributed by atoms with Crippen LogP contribution in [0, 0.1) is 0 Å². The number of nitrogens with zero attached hydrogens (tertiary/aromatic N) is 3. The summed E-state index contributed by atoms with van der Waals surface area (Å²) in [5.74, 6) is -0.256. The second kappa shape index (κ2) is 12.6. The van der Waals surface area contributed by atoms with E-state index in [1.165, 1.54) is 5.56 Å². The largest absolute Gasteiger partial charge is 0.353 e. The molecule has 0 saturated heterocycles. The standard InChI is InChI=1S/C29H35N3O2/c1-4-6-11-24-15-17-26(18-16-24)29(34)31(19-5-2)23-28(33)32(21-25-12-8-7-9-13-25)22-27-14-10-20-30(27)3/h5,7-10,12-18,20H,2,4,6,11,19,21-23H2,1,3H3. The van der Waals surface area contributed by atoms with Crippen molar-refractivity contribution in [3.8, 4) is 0 Å². The summed E-state index contributed by atoms with van der Waals surface area (Å²) >= 11 is 0. The number of aryl methyl sites for hydroxylation is 2. The predicted molar refractivity (Wildman–Crippen MR) is 137 cm³/mol. The van der Waals surface area contributed by atoms with Gasteiger partial charge in [0.05, 0.1) is 6.54 Å². The van der Waals surface area contributed by atoms with E-state index >= 15 is 0 Å². The third-order valence-corrected chi connectivity index (χ3v) is 5.96. The SMILES string of the molecule is C=CCN(CC(=O)N(Cc1ccccc1)Cc1cccn1C)C(=O)c1ccc(CCCC)cc1. The summed E-state index contributed by atoms with van der Waals surface area (Å²) in [7, 11) is 1.97. The van der Waals surface area contributed by atoms with Crippen LogP contribution in [0.1, 0.15) is 46.9 Å². The highest BCUT2D eigenvalue weighted by atomic mass is 16.2. The van der Waals surface area contributed by atoms with E-state index < -0.39 is 0 Å². The van der Waals surface area contributed by atoms with Crippen LogP contribution in [0.4, 0.5) is 0 Å². The van der Waals surface area contributed by atoms with Crippen LogP contribution in [0.15, 0.2) is 85.6 Å². The molecule has 0 aliphatic rings. The van der Waals surface area contributed by atoms with Crippen LogP contribution in [0.25, 0.3) is 0 Å². The third kappa shape index (κ3) is 6.95. The first kappa shape index (κ1) is 25.0. The Morgan fingerprint density at radius 3 is 2.26 bits per heavy atom. The van der Waals surface area contributed by atoms with Crippen LogP contribution in [-0.2, 0) is 31.4 Å². The van der Waals surface area contributed by atoms with Gasteiger partial charge in [-0.05, 0) is 48.2 Å². The molecule has 0 aliphatic heterocycles. The summed E-state index contributed by atoms with van der Waals surface area (Å²) < 4.78 is 2.01. The van der Waals surface area contributed by atoms with Gasteiger partial charge in [0, 0.05) is 37.6 Å². The highest BCUT2D eigenvalue weighted by Crippen LogP contribution is 2.14. The van der Waals surface area contributed by atoms with E-state index in [1.54, 1.807) is 11.0 Å². The van der Waals surface area contributed by atoms with Crippen molar-refractivity contribution >= 4 is 11.8 Å². The van der Waals surface area contributed by atoms with Crippen LogP contribution >= 0.6 is 0 Å². The summed E-state index contributed by atoms with van der Waals surface area (Å²) in [4.78, 5) is 30.1. The van der Waals surface area contributed by atoms with E-state index in [4.69, 9.17) is 0 Å². The maximum atomic E-state index is 13.5. The van der Waals surface area contributed by atoms with E-state index in [-0.39, 0.29) is 18.4 Å². The average Bonchev–Trinajstić information content (AvgIpc) is 3.26. The normalized spacial score (nSPS) is 10.6. The van der Waals surface area contributed by atoms with Gasteiger partial charge < -0.3 is 14.4 Å². The molecule has 5 nitrogen and oxygen atoms in total. The molecular formula is C29H35N3O2. The van der Waals surface area contributed by atoms with Crippen molar-refractivity contribution < 1.29 is 9.59 Å². The Kier molecular flexibility index (Phi) is 9.27. The van der Waals surface area contributed by atoms with Gasteiger partial charge in [-0.15, -0.1) is 6.58 Å². The monoisotopic (exact) mass is 457 g/mol. The minimum absolute atomic E-state index is 0.000302. The first-order chi connectivity index (χ1) is 16.5. The highest BCUT2D eigenvalue weighted by Gasteiger charge is 2.22. The summed E-state index contributed by atoms with van der Waals surface area (Å²) in [6.45, 7) is 7.22. The first-order valence-corrected chi connectivity index (χ1v) is 11.9. The topological polar surface area (TPSA) is 45.6 Å². The van der Waals surface area contributed by atoms with Crippen molar-refractivity contribution in [3.05, 3.63) is 108 Å². The van der Waals surface area contributed by atoms with Gasteiger partial charge in [0.2, 0.25) is 5.91 Å². The lowest BCUT2D eigenvalue weighted by Gasteiger charge is -2.27. The van der Waals surface area contributed by atoms with Crippen molar-refractivity contribution in [2.24, 2.45) is 7.05 Å². The summed E-state index contributed by atoms with van der Waals surface area (Å²) in [6, 6.07) is 21.6. The van der Waals surface area contributed by atoms with E-state index in [1.807, 2.05) is 89.4 Å². The maximum absolute atomic E-state index is 13.5. The van der Waals surface area contributed by atoms with E-state index in [9.17, 15) is 9.59 Å². The minimum atomic E-state index is -0.159. The molecule has 3 aromatic rings. The number of amides is 2. The Morgan fingerprint density at radius 2 is 1.65 bits per heavy atom. The van der Waals surface area contributed by atoms with Crippen molar-refractivity contribution in [1.82, 2.24) is 14.4 Å². The van der Waals surface area contributed by atoms with Crippen LogP contribution in [-0.4, -0.2) is 39.3 Å². The summed E-state index contributed by atoms with van der Waals surface area (Å²) in [5, 5.41) is 0. The number of hydrogen-bond donors (Lipinski definition) is 0. The van der Waals surface area contributed by atoms with Crippen LogP contribution in [0.5, 0.6) is 0 Å². The van der Waals surface area contributed by atoms with Gasteiger partial charge in [-0.2, -0.15) is 0 Å². The molecule has 0 N–H and O–H groups in total. The van der Waals surface area contributed by atoms with Gasteiger partial charge in [-0.1, -0.05) is 61.9 Å². The smallest absolute Gasteiger partial charge is 0.254 e. The second-order valence-electron chi connectivity index (χ2n) is 8.62. The fourth-order valence-electron chi connectivity index (χ4n) is 3.91. The van der Waals surface area contributed by atoms with Gasteiger partial charge >= 0.3 is 0 Å². The Labute approximate surface area is 203 Å². The van der Waals surface area contributed by atoms with Gasteiger partial charge in [0.1, 0.15) is 6.54 Å². The van der Waals surface area contributed by atoms with Gasteiger partial charge in [-0.25, -0.2) is 0 Å². The van der Waals surface area contributed by atoms with Gasteiger partial charge in [0.25, 0.3) is 5.91 Å². The molecule has 0 fully saturated rings.